The zero-order valence-electron chi connectivity index (χ0n) is 12.6. The van der Waals surface area contributed by atoms with Gasteiger partial charge in [0.25, 0.3) is 0 Å². The van der Waals surface area contributed by atoms with E-state index in [0.29, 0.717) is 24.5 Å². The maximum absolute atomic E-state index is 12.0. The quantitative estimate of drug-likeness (QED) is 0.856. The van der Waals surface area contributed by atoms with Crippen LogP contribution in [-0.2, 0) is 17.8 Å². The second-order valence-corrected chi connectivity index (χ2v) is 5.69. The topological polar surface area (TPSA) is 47.6 Å². The van der Waals surface area contributed by atoms with E-state index in [0.717, 1.165) is 15.6 Å². The summed E-state index contributed by atoms with van der Waals surface area (Å²) in [6, 6.07) is 13.3. The predicted octanol–water partition coefficient (Wildman–Crippen LogP) is 3.33. The van der Waals surface area contributed by atoms with Gasteiger partial charge in [0.05, 0.1) is 20.6 Å². The maximum atomic E-state index is 12.0. The van der Waals surface area contributed by atoms with Crippen LogP contribution in [0.2, 0.25) is 0 Å². The Hall–Kier alpha value is -2.01. The Kier molecular flexibility index (Phi) is 5.83. The zero-order chi connectivity index (χ0) is 15.9. The molecule has 0 atom stereocenters. The van der Waals surface area contributed by atoms with E-state index in [1.165, 1.54) is 0 Å². The lowest BCUT2D eigenvalue weighted by Gasteiger charge is -2.10. The van der Waals surface area contributed by atoms with E-state index in [2.05, 4.69) is 21.2 Å². The molecule has 0 bridgehead atoms. The molecule has 0 saturated heterocycles. The van der Waals surface area contributed by atoms with Gasteiger partial charge >= 0.3 is 0 Å². The van der Waals surface area contributed by atoms with Crippen molar-refractivity contribution in [3.63, 3.8) is 0 Å². The molecule has 22 heavy (non-hydrogen) atoms. The van der Waals surface area contributed by atoms with E-state index in [1.807, 2.05) is 42.5 Å². The number of hydrogen-bond acceptors (Lipinski definition) is 3. The van der Waals surface area contributed by atoms with Crippen LogP contribution in [0, 0.1) is 0 Å². The summed E-state index contributed by atoms with van der Waals surface area (Å²) in [5.41, 5.74) is 1.93. The lowest BCUT2D eigenvalue weighted by molar-refractivity contribution is -0.120. The first-order chi connectivity index (χ1) is 10.6. The van der Waals surface area contributed by atoms with Crippen LogP contribution in [0.1, 0.15) is 11.1 Å². The average molecular weight is 364 g/mol. The molecule has 0 heterocycles. The highest BCUT2D eigenvalue weighted by Gasteiger charge is 2.07. The maximum Gasteiger partial charge on any atom is 0.224 e. The number of hydrogen-bond donors (Lipinski definition) is 1. The van der Waals surface area contributed by atoms with Crippen LogP contribution in [0.4, 0.5) is 0 Å². The third kappa shape index (κ3) is 4.49. The van der Waals surface area contributed by atoms with Crippen molar-refractivity contribution in [2.45, 2.75) is 13.0 Å². The molecule has 0 saturated carbocycles. The summed E-state index contributed by atoms with van der Waals surface area (Å²) in [4.78, 5) is 12.0. The minimum absolute atomic E-state index is 0.0205. The highest BCUT2D eigenvalue weighted by Crippen LogP contribution is 2.27. The summed E-state index contributed by atoms with van der Waals surface area (Å²) in [5.74, 6) is 1.31. The molecule has 2 rings (SSSR count). The fourth-order valence-electron chi connectivity index (χ4n) is 2.09. The summed E-state index contributed by atoms with van der Waals surface area (Å²) >= 11 is 3.40. The van der Waals surface area contributed by atoms with Gasteiger partial charge in [-0.15, -0.1) is 0 Å². The third-order valence-electron chi connectivity index (χ3n) is 3.19. The molecule has 5 heteroatoms. The molecule has 0 radical (unpaired) electrons. The number of carbonyl (C=O) groups excluding carboxylic acids is 1. The summed E-state index contributed by atoms with van der Waals surface area (Å²) in [6.07, 6.45) is 0.354. The van der Waals surface area contributed by atoms with E-state index < -0.39 is 0 Å². The largest absolute Gasteiger partial charge is 0.493 e. The number of ether oxygens (including phenoxy) is 2. The van der Waals surface area contributed by atoms with Crippen molar-refractivity contribution >= 4 is 21.8 Å². The zero-order valence-corrected chi connectivity index (χ0v) is 14.1. The van der Waals surface area contributed by atoms with Crippen LogP contribution in [-0.4, -0.2) is 20.1 Å². The number of nitrogens with one attached hydrogen (secondary N) is 1. The van der Waals surface area contributed by atoms with Crippen molar-refractivity contribution in [2.24, 2.45) is 0 Å². The Morgan fingerprint density at radius 3 is 2.50 bits per heavy atom. The molecule has 1 amide bonds. The van der Waals surface area contributed by atoms with Gasteiger partial charge in [0, 0.05) is 11.0 Å². The minimum atomic E-state index is -0.0205. The molecule has 4 nitrogen and oxygen atoms in total. The average Bonchev–Trinajstić information content (AvgIpc) is 2.52. The predicted molar refractivity (Wildman–Crippen MR) is 89.2 cm³/mol. The number of benzene rings is 2. The molecular weight excluding hydrogens is 346 g/mol. The molecular formula is C17H18BrNO3. The van der Waals surface area contributed by atoms with Crippen LogP contribution in [0.25, 0.3) is 0 Å². The van der Waals surface area contributed by atoms with E-state index in [1.54, 1.807) is 14.2 Å². The van der Waals surface area contributed by atoms with Crippen LogP contribution < -0.4 is 14.8 Å². The molecule has 0 aliphatic rings. The number of amides is 1. The molecule has 0 unspecified atom stereocenters. The van der Waals surface area contributed by atoms with Crippen LogP contribution in [0.15, 0.2) is 46.9 Å². The van der Waals surface area contributed by atoms with E-state index in [-0.39, 0.29) is 5.91 Å². The Balaban J connectivity index is 1.93. The Labute approximate surface area is 138 Å². The summed E-state index contributed by atoms with van der Waals surface area (Å²) in [5, 5.41) is 2.91. The number of methoxy groups -OCH3 is 2. The Bertz CT molecular complexity index is 658. The molecule has 0 fully saturated rings. The van der Waals surface area contributed by atoms with Crippen LogP contribution in [0.3, 0.4) is 0 Å². The first-order valence-electron chi connectivity index (χ1n) is 6.84. The van der Waals surface area contributed by atoms with E-state index in [9.17, 15) is 4.79 Å². The second-order valence-electron chi connectivity index (χ2n) is 4.77. The Morgan fingerprint density at radius 1 is 1.05 bits per heavy atom. The van der Waals surface area contributed by atoms with Gasteiger partial charge in [-0.25, -0.2) is 0 Å². The van der Waals surface area contributed by atoms with Crippen molar-refractivity contribution in [1.82, 2.24) is 5.32 Å². The van der Waals surface area contributed by atoms with Gasteiger partial charge < -0.3 is 14.8 Å². The van der Waals surface area contributed by atoms with Crippen molar-refractivity contribution in [1.29, 1.82) is 0 Å². The van der Waals surface area contributed by atoms with Gasteiger partial charge in [-0.05, 0) is 35.4 Å². The molecule has 116 valence electrons. The van der Waals surface area contributed by atoms with Gasteiger partial charge in [-0.1, -0.05) is 34.1 Å². The summed E-state index contributed by atoms with van der Waals surface area (Å²) in [7, 11) is 3.19. The molecule has 0 aromatic heterocycles. The molecule has 2 aromatic carbocycles. The lowest BCUT2D eigenvalue weighted by atomic mass is 10.1. The highest BCUT2D eigenvalue weighted by molar-refractivity contribution is 9.10. The Morgan fingerprint density at radius 2 is 1.82 bits per heavy atom. The van der Waals surface area contributed by atoms with E-state index in [4.69, 9.17) is 9.47 Å². The van der Waals surface area contributed by atoms with Crippen LogP contribution in [0.5, 0.6) is 11.5 Å². The number of rotatable bonds is 6. The van der Waals surface area contributed by atoms with Gasteiger partial charge in [0.1, 0.15) is 0 Å². The normalized spacial score (nSPS) is 10.1. The molecule has 2 aromatic rings. The van der Waals surface area contributed by atoms with E-state index >= 15 is 0 Å². The van der Waals surface area contributed by atoms with Crippen molar-refractivity contribution in [3.05, 3.63) is 58.1 Å². The molecule has 1 N–H and O–H groups in total. The molecule has 0 aliphatic heterocycles. The van der Waals surface area contributed by atoms with Gasteiger partial charge in [-0.2, -0.15) is 0 Å². The summed E-state index contributed by atoms with van der Waals surface area (Å²) in [6.45, 7) is 0.452. The van der Waals surface area contributed by atoms with Crippen LogP contribution >= 0.6 is 15.9 Å². The lowest BCUT2D eigenvalue weighted by Crippen LogP contribution is -2.24. The fourth-order valence-corrected chi connectivity index (χ4v) is 2.53. The number of carbonyl (C=O) groups is 1. The van der Waals surface area contributed by atoms with Gasteiger partial charge in [0.2, 0.25) is 5.91 Å². The minimum Gasteiger partial charge on any atom is -0.493 e. The van der Waals surface area contributed by atoms with Crippen molar-refractivity contribution in [3.8, 4) is 11.5 Å². The smallest absolute Gasteiger partial charge is 0.224 e. The first-order valence-corrected chi connectivity index (χ1v) is 7.63. The van der Waals surface area contributed by atoms with Gasteiger partial charge in [0.15, 0.2) is 11.5 Å². The fraction of sp³-hybridized carbons (Fsp3) is 0.235. The molecule has 0 spiro atoms. The third-order valence-corrected chi connectivity index (χ3v) is 3.68. The second kappa shape index (κ2) is 7.84. The standard InChI is InChI=1S/C17H18BrNO3/c1-21-15-7-6-13(9-16(15)22-2)11-19-17(20)10-12-4-3-5-14(18)8-12/h3-9H,10-11H2,1-2H3,(H,19,20). The van der Waals surface area contributed by atoms with Gasteiger partial charge in [-0.3, -0.25) is 4.79 Å². The first kappa shape index (κ1) is 16.4. The van der Waals surface area contributed by atoms with Crippen molar-refractivity contribution in [2.75, 3.05) is 14.2 Å². The van der Waals surface area contributed by atoms with Crippen molar-refractivity contribution < 1.29 is 14.3 Å². The monoisotopic (exact) mass is 363 g/mol. The SMILES string of the molecule is COc1ccc(CNC(=O)Cc2cccc(Br)c2)cc1OC. The molecule has 0 aliphatic carbocycles. The summed E-state index contributed by atoms with van der Waals surface area (Å²) < 4.78 is 11.4. The number of halogens is 1. The highest BCUT2D eigenvalue weighted by atomic mass is 79.9.